The zero-order valence-corrected chi connectivity index (χ0v) is 9.01. The Morgan fingerprint density at radius 2 is 1.85 bits per heavy atom. The van der Waals surface area contributed by atoms with Crippen molar-refractivity contribution in [3.8, 4) is 0 Å². The standard InChI is InChI=1S/C12H22O/c1-8-11(2,3)9-6-5-7-10(9)12(8,4)13/h8-10,13H,5-7H2,1-4H3/t8-,9+,10+,12+/m0/s1/i1D. The van der Waals surface area contributed by atoms with E-state index in [1.54, 1.807) is 0 Å². The van der Waals surface area contributed by atoms with E-state index in [9.17, 15) is 5.11 Å². The second kappa shape index (κ2) is 2.50. The zero-order valence-electron chi connectivity index (χ0n) is 10.0. The van der Waals surface area contributed by atoms with Gasteiger partial charge in [0.2, 0.25) is 0 Å². The fraction of sp³-hybridized carbons (Fsp3) is 1.00. The van der Waals surface area contributed by atoms with Crippen LogP contribution in [0.25, 0.3) is 0 Å². The van der Waals surface area contributed by atoms with Gasteiger partial charge in [-0.25, -0.2) is 0 Å². The molecule has 0 saturated heterocycles. The minimum absolute atomic E-state index is 0.158. The van der Waals surface area contributed by atoms with Crippen molar-refractivity contribution in [3.63, 3.8) is 0 Å². The van der Waals surface area contributed by atoms with Gasteiger partial charge in [-0.15, -0.1) is 0 Å². The van der Waals surface area contributed by atoms with Crippen LogP contribution in [-0.2, 0) is 0 Å². The van der Waals surface area contributed by atoms with Gasteiger partial charge in [-0.1, -0.05) is 27.2 Å². The third kappa shape index (κ3) is 1.03. The summed E-state index contributed by atoms with van der Waals surface area (Å²) in [5, 5.41) is 10.5. The van der Waals surface area contributed by atoms with Crippen molar-refractivity contribution in [2.24, 2.45) is 23.2 Å². The fourth-order valence-corrected chi connectivity index (χ4v) is 3.82. The van der Waals surface area contributed by atoms with Crippen molar-refractivity contribution < 1.29 is 6.48 Å². The van der Waals surface area contributed by atoms with E-state index in [-0.39, 0.29) is 11.3 Å². The van der Waals surface area contributed by atoms with Gasteiger partial charge in [-0.2, -0.15) is 0 Å². The quantitative estimate of drug-likeness (QED) is 0.612. The SMILES string of the molecule is [2H]C[C@H]1C(C)(C)[C@@H]2CCC[C@H]2[C@]1(C)O. The Labute approximate surface area is 82.9 Å². The van der Waals surface area contributed by atoms with E-state index in [4.69, 9.17) is 1.37 Å². The molecule has 0 aromatic rings. The van der Waals surface area contributed by atoms with Crippen LogP contribution in [0.2, 0.25) is 0 Å². The molecule has 2 saturated carbocycles. The lowest BCUT2D eigenvalue weighted by Crippen LogP contribution is -2.37. The summed E-state index contributed by atoms with van der Waals surface area (Å²) in [6.45, 7) is 6.82. The molecule has 13 heavy (non-hydrogen) atoms. The van der Waals surface area contributed by atoms with Gasteiger partial charge >= 0.3 is 0 Å². The first-order chi connectivity index (χ1) is 6.42. The highest BCUT2D eigenvalue weighted by Gasteiger charge is 2.60. The molecular formula is C12H22O. The van der Waals surface area contributed by atoms with Crippen LogP contribution in [0.4, 0.5) is 0 Å². The van der Waals surface area contributed by atoms with Crippen LogP contribution < -0.4 is 0 Å². The average molecular weight is 183 g/mol. The normalized spacial score (nSPS) is 54.8. The van der Waals surface area contributed by atoms with Crippen LogP contribution in [0.1, 0.15) is 48.3 Å². The maximum absolute atomic E-state index is 10.5. The van der Waals surface area contributed by atoms with Gasteiger partial charge < -0.3 is 5.11 Å². The molecule has 2 fully saturated rings. The van der Waals surface area contributed by atoms with Crippen molar-refractivity contribution in [2.75, 3.05) is 0 Å². The van der Waals surface area contributed by atoms with Gasteiger partial charge in [0.25, 0.3) is 0 Å². The van der Waals surface area contributed by atoms with E-state index in [0.29, 0.717) is 18.7 Å². The number of hydrogen-bond acceptors (Lipinski definition) is 1. The summed E-state index contributed by atoms with van der Waals surface area (Å²) in [6.07, 6.45) is 3.68. The number of aliphatic hydroxyl groups is 1. The van der Waals surface area contributed by atoms with E-state index >= 15 is 0 Å². The van der Waals surface area contributed by atoms with E-state index in [1.165, 1.54) is 12.8 Å². The van der Waals surface area contributed by atoms with Gasteiger partial charge in [0.05, 0.1) is 5.60 Å². The lowest BCUT2D eigenvalue weighted by Gasteiger charge is -2.34. The second-order valence-electron chi connectivity index (χ2n) is 5.74. The predicted octanol–water partition coefficient (Wildman–Crippen LogP) is 2.83. The summed E-state index contributed by atoms with van der Waals surface area (Å²) in [7, 11) is 0. The Hall–Kier alpha value is -0.0400. The van der Waals surface area contributed by atoms with Crippen molar-refractivity contribution in [3.05, 3.63) is 0 Å². The lowest BCUT2D eigenvalue weighted by atomic mass is 9.74. The predicted molar refractivity (Wildman–Crippen MR) is 54.4 cm³/mol. The van der Waals surface area contributed by atoms with E-state index < -0.39 is 5.60 Å². The molecule has 2 aliphatic carbocycles. The van der Waals surface area contributed by atoms with Gasteiger partial charge in [0.1, 0.15) is 0 Å². The molecule has 1 heteroatoms. The summed E-state index contributed by atoms with van der Waals surface area (Å²) >= 11 is 0. The fourth-order valence-electron chi connectivity index (χ4n) is 3.82. The van der Waals surface area contributed by atoms with Crippen LogP contribution in [-0.4, -0.2) is 10.7 Å². The first kappa shape index (κ1) is 8.28. The molecule has 1 N–H and O–H groups in total. The molecule has 2 aliphatic rings. The first-order valence-electron chi connectivity index (χ1n) is 6.14. The van der Waals surface area contributed by atoms with Crippen molar-refractivity contribution in [1.82, 2.24) is 0 Å². The van der Waals surface area contributed by atoms with Gasteiger partial charge in [-0.3, -0.25) is 0 Å². The molecule has 0 spiro atoms. The van der Waals surface area contributed by atoms with Crippen molar-refractivity contribution in [2.45, 2.75) is 52.5 Å². The monoisotopic (exact) mass is 183 g/mol. The minimum atomic E-state index is -0.591. The summed E-state index contributed by atoms with van der Waals surface area (Å²) in [4.78, 5) is 0. The van der Waals surface area contributed by atoms with Gasteiger partial charge in [0, 0.05) is 1.37 Å². The van der Waals surface area contributed by atoms with Crippen LogP contribution in [0.15, 0.2) is 0 Å². The Bertz CT molecular complexity index is 212. The van der Waals surface area contributed by atoms with Crippen LogP contribution in [0, 0.1) is 23.2 Å². The summed E-state index contributed by atoms with van der Waals surface area (Å²) in [6, 6.07) is 0. The Morgan fingerprint density at radius 3 is 2.38 bits per heavy atom. The second-order valence-corrected chi connectivity index (χ2v) is 5.74. The van der Waals surface area contributed by atoms with Crippen molar-refractivity contribution >= 4 is 0 Å². The number of hydrogen-bond donors (Lipinski definition) is 1. The molecule has 0 bridgehead atoms. The van der Waals surface area contributed by atoms with Crippen LogP contribution in [0.5, 0.6) is 0 Å². The topological polar surface area (TPSA) is 20.2 Å². The Morgan fingerprint density at radius 1 is 1.23 bits per heavy atom. The summed E-state index contributed by atoms with van der Waals surface area (Å²) in [5.74, 6) is 1.26. The molecule has 0 heterocycles. The van der Waals surface area contributed by atoms with Crippen LogP contribution in [0.3, 0.4) is 0 Å². The molecule has 0 amide bonds. The summed E-state index contributed by atoms with van der Waals surface area (Å²) in [5.41, 5.74) is -0.432. The van der Waals surface area contributed by atoms with E-state index in [2.05, 4.69) is 13.8 Å². The number of rotatable bonds is 0. The maximum Gasteiger partial charge on any atom is 0.0681 e. The van der Waals surface area contributed by atoms with Crippen LogP contribution >= 0.6 is 0 Å². The molecule has 4 atom stereocenters. The first-order valence-corrected chi connectivity index (χ1v) is 5.44. The molecule has 0 aliphatic heterocycles. The maximum atomic E-state index is 10.5. The van der Waals surface area contributed by atoms with E-state index in [0.717, 1.165) is 6.42 Å². The highest BCUT2D eigenvalue weighted by atomic mass is 16.3. The Balaban J connectivity index is 2.37. The molecule has 1 nitrogen and oxygen atoms in total. The molecule has 76 valence electrons. The van der Waals surface area contributed by atoms with Crippen molar-refractivity contribution in [1.29, 1.82) is 0 Å². The number of fused-ring (bicyclic) bond motifs is 1. The molecule has 2 rings (SSSR count). The zero-order chi connectivity index (χ0) is 10.6. The van der Waals surface area contributed by atoms with E-state index in [1.807, 2.05) is 6.92 Å². The smallest absolute Gasteiger partial charge is 0.0681 e. The lowest BCUT2D eigenvalue weighted by molar-refractivity contribution is -0.0271. The Kier molecular flexibility index (Phi) is 1.59. The molecular weight excluding hydrogens is 160 g/mol. The largest absolute Gasteiger partial charge is 0.390 e. The third-order valence-corrected chi connectivity index (χ3v) is 4.83. The minimum Gasteiger partial charge on any atom is -0.390 e. The highest BCUT2D eigenvalue weighted by molar-refractivity contribution is 5.09. The molecule has 0 aromatic carbocycles. The molecule has 0 radical (unpaired) electrons. The third-order valence-electron chi connectivity index (χ3n) is 4.83. The molecule has 0 unspecified atom stereocenters. The van der Waals surface area contributed by atoms with Gasteiger partial charge in [0.15, 0.2) is 0 Å². The average Bonchev–Trinajstić information content (AvgIpc) is 2.55. The molecule has 0 aromatic heterocycles. The highest BCUT2D eigenvalue weighted by Crippen LogP contribution is 2.61. The van der Waals surface area contributed by atoms with Gasteiger partial charge in [-0.05, 0) is 42.9 Å². The summed E-state index contributed by atoms with van der Waals surface area (Å²) < 4.78 is 7.63.